The lowest BCUT2D eigenvalue weighted by atomic mass is 10.0. The molecule has 0 bridgehead atoms. The summed E-state index contributed by atoms with van der Waals surface area (Å²) >= 11 is 1.82. The molecule has 0 aromatic heterocycles. The Balaban J connectivity index is 2.28. The number of carbonyl (C=O) groups excluding carboxylic acids is 1. The van der Waals surface area contributed by atoms with Gasteiger partial charge in [0.2, 0.25) is 5.91 Å². The molecule has 0 saturated carbocycles. The van der Waals surface area contributed by atoms with Gasteiger partial charge in [-0.15, -0.1) is 0 Å². The Morgan fingerprint density at radius 2 is 2.40 bits per heavy atom. The molecule has 3 nitrogen and oxygen atoms in total. The fraction of sp³-hybridized carbons (Fsp3) is 0.909. The van der Waals surface area contributed by atoms with E-state index in [1.54, 1.807) is 0 Å². The summed E-state index contributed by atoms with van der Waals surface area (Å²) in [6, 6.07) is 0.321. The van der Waals surface area contributed by atoms with E-state index in [9.17, 15) is 4.79 Å². The fourth-order valence-corrected chi connectivity index (χ4v) is 2.47. The Morgan fingerprint density at radius 3 is 2.93 bits per heavy atom. The van der Waals surface area contributed by atoms with Gasteiger partial charge in [-0.3, -0.25) is 4.79 Å². The standard InChI is InChI=1S/C11H22N2OS/c1-8-4-6-12-10(8)11(14)13-9(2)5-7-15-3/h8-10,12H,4-7H2,1-3H3,(H,13,14). The summed E-state index contributed by atoms with van der Waals surface area (Å²) < 4.78 is 0. The Hall–Kier alpha value is -0.220. The minimum atomic E-state index is 0.0294. The van der Waals surface area contributed by atoms with Gasteiger partial charge < -0.3 is 10.6 Å². The third kappa shape index (κ3) is 4.03. The van der Waals surface area contributed by atoms with E-state index in [0.29, 0.717) is 12.0 Å². The molecule has 1 rings (SSSR count). The fourth-order valence-electron chi connectivity index (χ4n) is 1.88. The van der Waals surface area contributed by atoms with Crippen LogP contribution < -0.4 is 10.6 Å². The zero-order valence-electron chi connectivity index (χ0n) is 9.88. The van der Waals surface area contributed by atoms with E-state index in [-0.39, 0.29) is 11.9 Å². The molecule has 3 atom stereocenters. The Bertz CT molecular complexity index is 211. The smallest absolute Gasteiger partial charge is 0.237 e. The number of thioether (sulfide) groups is 1. The zero-order valence-corrected chi connectivity index (χ0v) is 10.7. The molecule has 0 aliphatic carbocycles. The molecular formula is C11H22N2OS. The monoisotopic (exact) mass is 230 g/mol. The van der Waals surface area contributed by atoms with Crippen molar-refractivity contribution in [2.45, 2.75) is 38.8 Å². The van der Waals surface area contributed by atoms with Crippen LogP contribution in [0, 0.1) is 5.92 Å². The third-order valence-electron chi connectivity index (χ3n) is 2.96. The van der Waals surface area contributed by atoms with E-state index in [0.717, 1.165) is 25.1 Å². The SMILES string of the molecule is CSCCC(C)NC(=O)C1NCCC1C. The van der Waals surface area contributed by atoms with E-state index in [2.05, 4.69) is 30.7 Å². The van der Waals surface area contributed by atoms with Crippen LogP contribution in [-0.2, 0) is 4.79 Å². The molecule has 4 heteroatoms. The molecular weight excluding hydrogens is 208 g/mol. The van der Waals surface area contributed by atoms with Crippen molar-refractivity contribution in [2.24, 2.45) is 5.92 Å². The highest BCUT2D eigenvalue weighted by Crippen LogP contribution is 2.14. The van der Waals surface area contributed by atoms with Crippen molar-refractivity contribution in [1.29, 1.82) is 0 Å². The van der Waals surface area contributed by atoms with Gasteiger partial charge in [-0.1, -0.05) is 6.92 Å². The molecule has 1 fully saturated rings. The summed E-state index contributed by atoms with van der Waals surface area (Å²) in [5.74, 6) is 1.75. The zero-order chi connectivity index (χ0) is 11.3. The Kier molecular flexibility index (Phi) is 5.47. The largest absolute Gasteiger partial charge is 0.352 e. The van der Waals surface area contributed by atoms with Crippen molar-refractivity contribution in [1.82, 2.24) is 10.6 Å². The van der Waals surface area contributed by atoms with Crippen molar-refractivity contribution in [3.05, 3.63) is 0 Å². The van der Waals surface area contributed by atoms with Gasteiger partial charge in [0.15, 0.2) is 0 Å². The maximum Gasteiger partial charge on any atom is 0.237 e. The van der Waals surface area contributed by atoms with Gasteiger partial charge in [-0.2, -0.15) is 11.8 Å². The molecule has 0 radical (unpaired) electrons. The second-order valence-corrected chi connectivity index (χ2v) is 5.37. The van der Waals surface area contributed by atoms with Crippen LogP contribution in [0.4, 0.5) is 0 Å². The number of carbonyl (C=O) groups is 1. The molecule has 1 aliphatic rings. The quantitative estimate of drug-likeness (QED) is 0.747. The van der Waals surface area contributed by atoms with Gasteiger partial charge in [-0.05, 0) is 44.2 Å². The second-order valence-electron chi connectivity index (χ2n) is 4.39. The minimum Gasteiger partial charge on any atom is -0.352 e. The van der Waals surface area contributed by atoms with Gasteiger partial charge >= 0.3 is 0 Å². The van der Waals surface area contributed by atoms with Crippen LogP contribution in [0.15, 0.2) is 0 Å². The lowest BCUT2D eigenvalue weighted by Crippen LogP contribution is -2.46. The molecule has 1 aliphatic heterocycles. The third-order valence-corrected chi connectivity index (χ3v) is 3.60. The predicted molar refractivity (Wildman–Crippen MR) is 66.2 cm³/mol. The predicted octanol–water partition coefficient (Wildman–Crippen LogP) is 1.24. The van der Waals surface area contributed by atoms with Crippen LogP contribution >= 0.6 is 11.8 Å². The number of amides is 1. The van der Waals surface area contributed by atoms with Crippen LogP contribution in [-0.4, -0.2) is 36.5 Å². The normalized spacial score (nSPS) is 27.7. The molecule has 0 aromatic carbocycles. The Morgan fingerprint density at radius 1 is 1.67 bits per heavy atom. The lowest BCUT2D eigenvalue weighted by Gasteiger charge is -2.19. The average Bonchev–Trinajstić information content (AvgIpc) is 2.61. The summed E-state index contributed by atoms with van der Waals surface area (Å²) in [7, 11) is 0. The summed E-state index contributed by atoms with van der Waals surface area (Å²) in [4.78, 5) is 11.8. The molecule has 1 heterocycles. The molecule has 0 aromatic rings. The van der Waals surface area contributed by atoms with Gasteiger partial charge in [0.25, 0.3) is 0 Å². The van der Waals surface area contributed by atoms with Crippen LogP contribution in [0.3, 0.4) is 0 Å². The summed E-state index contributed by atoms with van der Waals surface area (Å²) in [6.45, 7) is 5.18. The van der Waals surface area contributed by atoms with Crippen molar-refractivity contribution < 1.29 is 4.79 Å². The highest BCUT2D eigenvalue weighted by molar-refractivity contribution is 7.98. The van der Waals surface area contributed by atoms with E-state index in [1.165, 1.54) is 0 Å². The Labute approximate surface area is 96.8 Å². The topological polar surface area (TPSA) is 41.1 Å². The van der Waals surface area contributed by atoms with E-state index < -0.39 is 0 Å². The van der Waals surface area contributed by atoms with Gasteiger partial charge in [0, 0.05) is 6.04 Å². The average molecular weight is 230 g/mol. The first-order chi connectivity index (χ1) is 7.15. The highest BCUT2D eigenvalue weighted by Gasteiger charge is 2.29. The maximum atomic E-state index is 11.8. The highest BCUT2D eigenvalue weighted by atomic mass is 32.2. The first-order valence-corrected chi connectivity index (χ1v) is 7.07. The van der Waals surface area contributed by atoms with Crippen LogP contribution in [0.1, 0.15) is 26.7 Å². The molecule has 1 amide bonds. The molecule has 2 N–H and O–H groups in total. The van der Waals surface area contributed by atoms with Crippen molar-refractivity contribution in [3.8, 4) is 0 Å². The molecule has 88 valence electrons. The van der Waals surface area contributed by atoms with Crippen molar-refractivity contribution >= 4 is 17.7 Å². The first-order valence-electron chi connectivity index (χ1n) is 5.68. The molecule has 3 unspecified atom stereocenters. The summed E-state index contributed by atoms with van der Waals surface area (Å²) in [5, 5.41) is 6.32. The molecule has 0 spiro atoms. The maximum absolute atomic E-state index is 11.8. The van der Waals surface area contributed by atoms with Crippen LogP contribution in [0.25, 0.3) is 0 Å². The number of hydrogen-bond acceptors (Lipinski definition) is 3. The molecule has 1 saturated heterocycles. The van der Waals surface area contributed by atoms with Gasteiger partial charge in [0.1, 0.15) is 0 Å². The molecule has 15 heavy (non-hydrogen) atoms. The number of hydrogen-bond donors (Lipinski definition) is 2. The van der Waals surface area contributed by atoms with E-state index >= 15 is 0 Å². The number of rotatable bonds is 5. The second kappa shape index (κ2) is 6.38. The van der Waals surface area contributed by atoms with Gasteiger partial charge in [0.05, 0.1) is 6.04 Å². The summed E-state index contributed by atoms with van der Waals surface area (Å²) in [5.41, 5.74) is 0. The van der Waals surface area contributed by atoms with Crippen LogP contribution in [0.2, 0.25) is 0 Å². The minimum absolute atomic E-state index is 0.0294. The number of nitrogens with one attached hydrogen (secondary N) is 2. The first kappa shape index (κ1) is 12.8. The lowest BCUT2D eigenvalue weighted by molar-refractivity contribution is -0.124. The van der Waals surface area contributed by atoms with Crippen molar-refractivity contribution in [2.75, 3.05) is 18.6 Å². The van der Waals surface area contributed by atoms with E-state index in [4.69, 9.17) is 0 Å². The van der Waals surface area contributed by atoms with Crippen molar-refractivity contribution in [3.63, 3.8) is 0 Å². The van der Waals surface area contributed by atoms with Crippen LogP contribution in [0.5, 0.6) is 0 Å². The summed E-state index contributed by atoms with van der Waals surface area (Å²) in [6.07, 6.45) is 4.25. The van der Waals surface area contributed by atoms with Gasteiger partial charge in [-0.25, -0.2) is 0 Å². The van der Waals surface area contributed by atoms with E-state index in [1.807, 2.05) is 11.8 Å².